The standard InChI is InChI=1S/C14H21NO4/c16-7-3-1-2-6-15-13(17)11-9-4-5-10(8-9)12(11)14(18)19/h4-5,9-12,16H,1-3,6-8H2,(H,15,17)(H,18,19)/t9?,10?,11-,12+/m0/s1. The summed E-state index contributed by atoms with van der Waals surface area (Å²) in [6.07, 6.45) is 7.15. The fourth-order valence-electron chi connectivity index (χ4n) is 3.26. The van der Waals surface area contributed by atoms with Gasteiger partial charge in [-0.2, -0.15) is 0 Å². The number of aliphatic hydroxyl groups excluding tert-OH is 1. The molecule has 4 atom stereocenters. The van der Waals surface area contributed by atoms with Crippen LogP contribution < -0.4 is 5.32 Å². The molecule has 0 spiro atoms. The van der Waals surface area contributed by atoms with E-state index in [1.54, 1.807) is 0 Å². The Morgan fingerprint density at radius 1 is 1.11 bits per heavy atom. The third-order valence-electron chi connectivity index (χ3n) is 4.18. The summed E-state index contributed by atoms with van der Waals surface area (Å²) in [5, 5.41) is 20.7. The number of amides is 1. The second-order valence-corrected chi connectivity index (χ2v) is 5.41. The largest absolute Gasteiger partial charge is 0.481 e. The Hall–Kier alpha value is -1.36. The maximum atomic E-state index is 12.1. The van der Waals surface area contributed by atoms with E-state index in [1.807, 2.05) is 12.2 Å². The van der Waals surface area contributed by atoms with Gasteiger partial charge in [0.05, 0.1) is 11.8 Å². The van der Waals surface area contributed by atoms with Gasteiger partial charge in [-0.25, -0.2) is 0 Å². The maximum absolute atomic E-state index is 12.1. The summed E-state index contributed by atoms with van der Waals surface area (Å²) in [7, 11) is 0. The Labute approximate surface area is 112 Å². The van der Waals surface area contributed by atoms with Gasteiger partial charge in [-0.3, -0.25) is 9.59 Å². The number of fused-ring (bicyclic) bond motifs is 2. The van der Waals surface area contributed by atoms with Crippen LogP contribution in [0.3, 0.4) is 0 Å². The van der Waals surface area contributed by atoms with Crippen molar-refractivity contribution in [3.05, 3.63) is 12.2 Å². The molecule has 0 radical (unpaired) electrons. The second kappa shape index (κ2) is 6.19. The predicted molar refractivity (Wildman–Crippen MR) is 69.3 cm³/mol. The van der Waals surface area contributed by atoms with Gasteiger partial charge in [0.25, 0.3) is 0 Å². The van der Waals surface area contributed by atoms with Crippen molar-refractivity contribution in [3.8, 4) is 0 Å². The number of hydrogen-bond donors (Lipinski definition) is 3. The summed E-state index contributed by atoms with van der Waals surface area (Å²) >= 11 is 0. The molecule has 0 saturated heterocycles. The quantitative estimate of drug-likeness (QED) is 0.470. The molecule has 1 amide bonds. The van der Waals surface area contributed by atoms with Crippen LogP contribution in [0, 0.1) is 23.7 Å². The number of aliphatic carboxylic acids is 1. The average Bonchev–Trinajstić information content (AvgIpc) is 2.98. The maximum Gasteiger partial charge on any atom is 0.307 e. The van der Waals surface area contributed by atoms with E-state index in [4.69, 9.17) is 5.11 Å². The molecule has 0 aliphatic heterocycles. The zero-order chi connectivity index (χ0) is 13.8. The van der Waals surface area contributed by atoms with Gasteiger partial charge in [0.2, 0.25) is 5.91 Å². The van der Waals surface area contributed by atoms with Gasteiger partial charge in [-0.05, 0) is 37.5 Å². The Kier molecular flexibility index (Phi) is 4.58. The molecule has 106 valence electrons. The van der Waals surface area contributed by atoms with E-state index >= 15 is 0 Å². The number of rotatable bonds is 7. The van der Waals surface area contributed by atoms with Crippen LogP contribution in [0.1, 0.15) is 25.7 Å². The Balaban J connectivity index is 1.84. The molecule has 0 heterocycles. The fraction of sp³-hybridized carbons (Fsp3) is 0.714. The molecule has 0 aromatic heterocycles. The molecule has 0 aromatic carbocycles. The number of aliphatic hydroxyl groups is 1. The van der Waals surface area contributed by atoms with E-state index in [0.717, 1.165) is 25.7 Å². The second-order valence-electron chi connectivity index (χ2n) is 5.41. The Morgan fingerprint density at radius 3 is 2.42 bits per heavy atom. The number of unbranched alkanes of at least 4 members (excludes halogenated alkanes) is 2. The first-order chi connectivity index (χ1) is 9.15. The number of carboxylic acid groups (broad SMARTS) is 1. The van der Waals surface area contributed by atoms with Crippen molar-refractivity contribution in [2.75, 3.05) is 13.2 Å². The van der Waals surface area contributed by atoms with E-state index < -0.39 is 17.8 Å². The number of allylic oxidation sites excluding steroid dienone is 2. The van der Waals surface area contributed by atoms with Gasteiger partial charge >= 0.3 is 5.97 Å². The zero-order valence-electron chi connectivity index (χ0n) is 10.9. The number of carbonyl (C=O) groups is 2. The van der Waals surface area contributed by atoms with Crippen molar-refractivity contribution in [1.29, 1.82) is 0 Å². The minimum atomic E-state index is -0.864. The number of carbonyl (C=O) groups excluding carboxylic acids is 1. The fourth-order valence-corrected chi connectivity index (χ4v) is 3.26. The molecular formula is C14H21NO4. The number of carboxylic acids is 1. The molecule has 2 aliphatic rings. The van der Waals surface area contributed by atoms with Gasteiger partial charge in [0.15, 0.2) is 0 Å². The van der Waals surface area contributed by atoms with Crippen molar-refractivity contribution in [1.82, 2.24) is 5.32 Å². The third-order valence-corrected chi connectivity index (χ3v) is 4.18. The minimum Gasteiger partial charge on any atom is -0.481 e. The predicted octanol–water partition coefficient (Wildman–Crippen LogP) is 0.788. The highest BCUT2D eigenvalue weighted by Crippen LogP contribution is 2.48. The minimum absolute atomic E-state index is 0.0210. The van der Waals surface area contributed by atoms with Crippen molar-refractivity contribution < 1.29 is 19.8 Å². The highest BCUT2D eigenvalue weighted by atomic mass is 16.4. The highest BCUT2D eigenvalue weighted by Gasteiger charge is 2.51. The van der Waals surface area contributed by atoms with E-state index in [9.17, 15) is 14.7 Å². The Morgan fingerprint density at radius 2 is 1.79 bits per heavy atom. The Bertz CT molecular complexity index is 380. The SMILES string of the molecule is O=C(O)[C@@H]1C2C=CC(C2)[C@@H]1C(=O)NCCCCCO. The molecule has 2 unspecified atom stereocenters. The van der Waals surface area contributed by atoms with E-state index in [-0.39, 0.29) is 24.3 Å². The summed E-state index contributed by atoms with van der Waals surface area (Å²) in [5.41, 5.74) is 0. The number of hydrogen-bond acceptors (Lipinski definition) is 3. The van der Waals surface area contributed by atoms with Crippen molar-refractivity contribution in [3.63, 3.8) is 0 Å². The average molecular weight is 267 g/mol. The van der Waals surface area contributed by atoms with Crippen molar-refractivity contribution in [2.45, 2.75) is 25.7 Å². The molecule has 19 heavy (non-hydrogen) atoms. The van der Waals surface area contributed by atoms with Crippen molar-refractivity contribution in [2.24, 2.45) is 23.7 Å². The monoisotopic (exact) mass is 267 g/mol. The molecule has 2 aliphatic carbocycles. The summed E-state index contributed by atoms with van der Waals surface area (Å²) in [6, 6.07) is 0. The first-order valence-corrected chi connectivity index (χ1v) is 6.95. The van der Waals surface area contributed by atoms with Crippen LogP contribution in [0.2, 0.25) is 0 Å². The molecular weight excluding hydrogens is 246 g/mol. The van der Waals surface area contributed by atoms with Crippen LogP contribution in [0.25, 0.3) is 0 Å². The first-order valence-electron chi connectivity index (χ1n) is 6.95. The number of nitrogens with one attached hydrogen (secondary N) is 1. The van der Waals surface area contributed by atoms with Gasteiger partial charge in [0, 0.05) is 13.2 Å². The summed E-state index contributed by atoms with van der Waals surface area (Å²) in [6.45, 7) is 0.731. The van der Waals surface area contributed by atoms with Crippen LogP contribution in [-0.4, -0.2) is 35.2 Å². The van der Waals surface area contributed by atoms with Crippen LogP contribution in [0.5, 0.6) is 0 Å². The van der Waals surface area contributed by atoms with Gasteiger partial charge in [-0.15, -0.1) is 0 Å². The lowest BCUT2D eigenvalue weighted by Gasteiger charge is -2.23. The summed E-state index contributed by atoms with van der Waals surface area (Å²) in [5.74, 6) is -1.86. The van der Waals surface area contributed by atoms with Gasteiger partial charge < -0.3 is 15.5 Å². The zero-order valence-corrected chi connectivity index (χ0v) is 10.9. The first kappa shape index (κ1) is 14.1. The van der Waals surface area contributed by atoms with E-state index in [0.29, 0.717) is 6.54 Å². The topological polar surface area (TPSA) is 86.6 Å². The van der Waals surface area contributed by atoms with E-state index in [1.165, 1.54) is 0 Å². The highest BCUT2D eigenvalue weighted by molar-refractivity contribution is 5.86. The lowest BCUT2D eigenvalue weighted by Crippen LogP contribution is -2.40. The van der Waals surface area contributed by atoms with Gasteiger partial charge in [0.1, 0.15) is 0 Å². The molecule has 1 fully saturated rings. The lowest BCUT2D eigenvalue weighted by molar-refractivity contribution is -0.147. The summed E-state index contributed by atoms with van der Waals surface area (Å²) < 4.78 is 0. The van der Waals surface area contributed by atoms with Crippen LogP contribution in [0.4, 0.5) is 0 Å². The van der Waals surface area contributed by atoms with Gasteiger partial charge in [-0.1, -0.05) is 12.2 Å². The normalized spacial score (nSPS) is 31.6. The molecule has 1 saturated carbocycles. The lowest BCUT2D eigenvalue weighted by atomic mass is 9.82. The van der Waals surface area contributed by atoms with Crippen LogP contribution in [-0.2, 0) is 9.59 Å². The summed E-state index contributed by atoms with van der Waals surface area (Å²) in [4.78, 5) is 23.4. The molecule has 5 heteroatoms. The van der Waals surface area contributed by atoms with Crippen LogP contribution >= 0.6 is 0 Å². The molecule has 2 rings (SSSR count). The van der Waals surface area contributed by atoms with Crippen LogP contribution in [0.15, 0.2) is 12.2 Å². The molecule has 3 N–H and O–H groups in total. The van der Waals surface area contributed by atoms with E-state index in [2.05, 4.69) is 5.32 Å². The molecule has 2 bridgehead atoms. The smallest absolute Gasteiger partial charge is 0.307 e. The molecule has 0 aromatic rings. The third kappa shape index (κ3) is 2.97. The van der Waals surface area contributed by atoms with Crippen molar-refractivity contribution >= 4 is 11.9 Å². The molecule has 5 nitrogen and oxygen atoms in total.